The van der Waals surface area contributed by atoms with Crippen LogP contribution in [-0.2, 0) is 0 Å². The number of H-pyrrole nitrogens is 1. The number of aromatic amines is 1. The molecule has 7 heteroatoms. The molecule has 1 saturated carbocycles. The minimum absolute atomic E-state index is 0.206. The van der Waals surface area contributed by atoms with Crippen LogP contribution in [-0.4, -0.2) is 16.1 Å². The zero-order valence-corrected chi connectivity index (χ0v) is 11.9. The minimum atomic E-state index is -0.371. The number of amides is 1. The van der Waals surface area contributed by atoms with Gasteiger partial charge in [-0.25, -0.2) is 0 Å². The lowest BCUT2D eigenvalue weighted by atomic mass is 10.2. The first-order chi connectivity index (χ1) is 9.56. The summed E-state index contributed by atoms with van der Waals surface area (Å²) in [5.74, 6) is 0.0399. The van der Waals surface area contributed by atoms with Crippen LogP contribution in [0.4, 0.5) is 11.4 Å². The van der Waals surface area contributed by atoms with Crippen LogP contribution in [0, 0.1) is 0 Å². The van der Waals surface area contributed by atoms with Crippen molar-refractivity contribution in [3.05, 3.63) is 39.6 Å². The fraction of sp³-hybridized carbons (Fsp3) is 0.231. The number of nitrogens with two attached hydrogens (primary N) is 1. The van der Waals surface area contributed by atoms with Gasteiger partial charge in [0.1, 0.15) is 0 Å². The largest absolute Gasteiger partial charge is 0.395 e. The van der Waals surface area contributed by atoms with E-state index in [0.29, 0.717) is 27.3 Å². The Balaban J connectivity index is 1.80. The molecular formula is C13H12Cl2N4O. The van der Waals surface area contributed by atoms with Gasteiger partial charge < -0.3 is 11.1 Å². The highest BCUT2D eigenvalue weighted by Crippen LogP contribution is 2.42. The topological polar surface area (TPSA) is 83.8 Å². The summed E-state index contributed by atoms with van der Waals surface area (Å²) in [6, 6.07) is 4.85. The van der Waals surface area contributed by atoms with Gasteiger partial charge in [0.05, 0.1) is 21.4 Å². The van der Waals surface area contributed by atoms with Crippen molar-refractivity contribution in [2.24, 2.45) is 0 Å². The predicted molar refractivity (Wildman–Crippen MR) is 79.4 cm³/mol. The molecule has 2 aromatic rings. The molecular weight excluding hydrogens is 299 g/mol. The normalized spacial score (nSPS) is 14.3. The van der Waals surface area contributed by atoms with Crippen LogP contribution >= 0.6 is 23.2 Å². The number of rotatable bonds is 3. The molecule has 0 aliphatic heterocycles. The molecule has 0 bridgehead atoms. The lowest BCUT2D eigenvalue weighted by Gasteiger charge is -2.05. The van der Waals surface area contributed by atoms with Crippen molar-refractivity contribution in [3.63, 3.8) is 0 Å². The van der Waals surface area contributed by atoms with E-state index in [2.05, 4.69) is 15.5 Å². The quantitative estimate of drug-likeness (QED) is 0.812. The molecule has 20 heavy (non-hydrogen) atoms. The van der Waals surface area contributed by atoms with Gasteiger partial charge in [-0.2, -0.15) is 5.10 Å². The van der Waals surface area contributed by atoms with Crippen LogP contribution in [0.15, 0.2) is 18.2 Å². The Hall–Kier alpha value is -1.72. The number of benzene rings is 1. The lowest BCUT2D eigenvalue weighted by molar-refractivity contribution is 0.102. The van der Waals surface area contributed by atoms with Gasteiger partial charge in [-0.15, -0.1) is 0 Å². The second-order valence-electron chi connectivity index (χ2n) is 4.76. The Morgan fingerprint density at radius 1 is 1.35 bits per heavy atom. The van der Waals surface area contributed by atoms with Crippen molar-refractivity contribution in [1.82, 2.24) is 10.2 Å². The van der Waals surface area contributed by atoms with Crippen LogP contribution in [0.3, 0.4) is 0 Å². The number of carbonyl (C=O) groups excluding carboxylic acids is 1. The fourth-order valence-corrected chi connectivity index (χ4v) is 2.28. The molecule has 1 fully saturated rings. The second-order valence-corrected chi connectivity index (χ2v) is 5.57. The number of hydrogen-bond donors (Lipinski definition) is 3. The highest BCUT2D eigenvalue weighted by Gasteiger charge is 2.30. The minimum Gasteiger partial charge on any atom is -0.395 e. The average Bonchev–Trinajstić information content (AvgIpc) is 3.17. The zero-order valence-electron chi connectivity index (χ0n) is 10.4. The molecule has 0 unspecified atom stereocenters. The van der Waals surface area contributed by atoms with Crippen LogP contribution in [0.2, 0.25) is 10.0 Å². The maximum Gasteiger partial charge on any atom is 0.278 e. The summed E-state index contributed by atoms with van der Waals surface area (Å²) in [5, 5.41) is 10.3. The van der Waals surface area contributed by atoms with Crippen molar-refractivity contribution >= 4 is 40.5 Å². The first kappa shape index (κ1) is 13.3. The molecule has 1 amide bonds. The number of nitrogens with zero attached hydrogens (tertiary/aromatic N) is 1. The summed E-state index contributed by atoms with van der Waals surface area (Å²) in [4.78, 5) is 12.1. The number of aromatic nitrogens is 2. The van der Waals surface area contributed by atoms with Crippen molar-refractivity contribution < 1.29 is 4.79 Å². The number of anilines is 2. The third-order valence-electron chi connectivity index (χ3n) is 3.21. The highest BCUT2D eigenvalue weighted by molar-refractivity contribution is 6.42. The van der Waals surface area contributed by atoms with Crippen LogP contribution < -0.4 is 11.1 Å². The number of hydrogen-bond acceptors (Lipinski definition) is 3. The van der Waals surface area contributed by atoms with E-state index in [0.717, 1.165) is 18.5 Å². The van der Waals surface area contributed by atoms with Crippen LogP contribution in [0.1, 0.15) is 34.9 Å². The third kappa shape index (κ3) is 2.46. The Morgan fingerprint density at radius 2 is 2.10 bits per heavy atom. The van der Waals surface area contributed by atoms with Gasteiger partial charge in [0.25, 0.3) is 5.91 Å². The van der Waals surface area contributed by atoms with Crippen molar-refractivity contribution in [2.45, 2.75) is 18.8 Å². The summed E-state index contributed by atoms with van der Waals surface area (Å²) in [6.07, 6.45) is 2.17. The van der Waals surface area contributed by atoms with Gasteiger partial charge in [0.15, 0.2) is 5.69 Å². The van der Waals surface area contributed by atoms with E-state index in [1.807, 2.05) is 0 Å². The molecule has 0 saturated heterocycles. The Bertz CT molecular complexity index is 679. The summed E-state index contributed by atoms with van der Waals surface area (Å²) in [5.41, 5.74) is 7.97. The molecule has 4 N–H and O–H groups in total. The highest BCUT2D eigenvalue weighted by atomic mass is 35.5. The Kier molecular flexibility index (Phi) is 3.31. The van der Waals surface area contributed by atoms with E-state index in [1.54, 1.807) is 18.2 Å². The number of nitrogens with one attached hydrogen (secondary N) is 2. The van der Waals surface area contributed by atoms with Crippen LogP contribution in [0.25, 0.3) is 0 Å². The lowest BCUT2D eigenvalue weighted by Crippen LogP contribution is -2.14. The molecule has 1 aromatic heterocycles. The Labute approximate surface area is 125 Å². The molecule has 0 atom stereocenters. The molecule has 5 nitrogen and oxygen atoms in total. The van der Waals surface area contributed by atoms with E-state index < -0.39 is 0 Å². The molecule has 0 spiro atoms. The van der Waals surface area contributed by atoms with E-state index in [1.165, 1.54) is 0 Å². The van der Waals surface area contributed by atoms with Gasteiger partial charge in [-0.1, -0.05) is 23.2 Å². The maximum absolute atomic E-state index is 12.1. The molecule has 3 rings (SSSR count). The third-order valence-corrected chi connectivity index (χ3v) is 3.95. The fourth-order valence-electron chi connectivity index (χ4n) is 1.98. The van der Waals surface area contributed by atoms with Crippen molar-refractivity contribution in [2.75, 3.05) is 11.1 Å². The van der Waals surface area contributed by atoms with Crippen LogP contribution in [0.5, 0.6) is 0 Å². The van der Waals surface area contributed by atoms with E-state index in [4.69, 9.17) is 28.9 Å². The number of nitrogen functional groups attached to an aromatic ring is 1. The van der Waals surface area contributed by atoms with Gasteiger partial charge >= 0.3 is 0 Å². The first-order valence-corrected chi connectivity index (χ1v) is 6.92. The molecule has 1 aromatic carbocycles. The molecule has 1 aliphatic carbocycles. The molecule has 104 valence electrons. The van der Waals surface area contributed by atoms with E-state index in [-0.39, 0.29) is 11.6 Å². The number of carbonyl (C=O) groups is 1. The second kappa shape index (κ2) is 5.00. The van der Waals surface area contributed by atoms with E-state index in [9.17, 15) is 4.79 Å². The summed E-state index contributed by atoms with van der Waals surface area (Å²) < 4.78 is 0. The smallest absolute Gasteiger partial charge is 0.278 e. The van der Waals surface area contributed by atoms with E-state index >= 15 is 0 Å². The summed E-state index contributed by atoms with van der Waals surface area (Å²) >= 11 is 11.7. The predicted octanol–water partition coefficient (Wildman–Crippen LogP) is 3.43. The maximum atomic E-state index is 12.1. The van der Waals surface area contributed by atoms with Crippen molar-refractivity contribution in [3.8, 4) is 0 Å². The van der Waals surface area contributed by atoms with Gasteiger partial charge in [-0.3, -0.25) is 9.89 Å². The summed E-state index contributed by atoms with van der Waals surface area (Å²) in [6.45, 7) is 0. The molecule has 1 aliphatic rings. The first-order valence-electron chi connectivity index (χ1n) is 6.16. The van der Waals surface area contributed by atoms with Gasteiger partial charge in [0.2, 0.25) is 0 Å². The summed E-state index contributed by atoms with van der Waals surface area (Å²) in [7, 11) is 0. The molecule has 1 heterocycles. The van der Waals surface area contributed by atoms with Gasteiger partial charge in [0, 0.05) is 11.6 Å². The monoisotopic (exact) mass is 310 g/mol. The van der Waals surface area contributed by atoms with Crippen molar-refractivity contribution in [1.29, 1.82) is 0 Å². The van der Waals surface area contributed by atoms with Gasteiger partial charge in [-0.05, 0) is 31.0 Å². The Morgan fingerprint density at radius 3 is 2.75 bits per heavy atom. The SMILES string of the molecule is Nc1c(C(=O)Nc2ccc(Cl)c(Cl)c2)n[nH]c1C1CC1. The standard InChI is InChI=1S/C13H12Cl2N4O/c14-8-4-3-7(5-9(8)15)17-13(20)12-10(16)11(18-19-12)6-1-2-6/h3-6H,1-2,16H2,(H,17,20)(H,18,19). The zero-order chi connectivity index (χ0) is 14.3. The molecule has 0 radical (unpaired) electrons. The number of halogens is 2. The average molecular weight is 311 g/mol.